The molecule has 0 aromatic heterocycles. The maximum Gasteiger partial charge on any atom is 0.0182 e. The molecule has 2 heteroatoms. The van der Waals surface area contributed by atoms with Crippen molar-refractivity contribution < 1.29 is 0 Å². The monoisotopic (exact) mass is 130 g/mol. The summed E-state index contributed by atoms with van der Waals surface area (Å²) in [4.78, 5) is 0. The van der Waals surface area contributed by atoms with Gasteiger partial charge in [0.2, 0.25) is 0 Å². The van der Waals surface area contributed by atoms with Crippen molar-refractivity contribution in [2.45, 2.75) is 32.2 Å². The Morgan fingerprint density at radius 3 is 2.62 bits per heavy atom. The summed E-state index contributed by atoms with van der Waals surface area (Å²) in [7, 11) is 0. The Balaban J connectivity index is 2.28. The smallest absolute Gasteiger partial charge is 0.0182 e. The lowest BCUT2D eigenvalue weighted by molar-refractivity contribution is 0.296. The quantitative estimate of drug-likeness (QED) is 0.484. The molecule has 0 aliphatic carbocycles. The van der Waals surface area contributed by atoms with Crippen LogP contribution in [0.25, 0.3) is 0 Å². The predicted molar refractivity (Wildman–Crippen MR) is 37.6 cm³/mol. The number of piperidine rings is 1. The molecule has 1 aliphatic rings. The first-order valence-corrected chi connectivity index (χ1v) is 3.61. The number of hydrogen-bond acceptors (Lipinski definition) is 1. The van der Waals surface area contributed by atoms with Gasteiger partial charge in [-0.05, 0) is 19.8 Å². The second-order valence-corrected chi connectivity index (χ2v) is 2.95. The summed E-state index contributed by atoms with van der Waals surface area (Å²) in [5, 5.41) is 0. The Labute approximate surface area is 56.6 Å². The van der Waals surface area contributed by atoms with Crippen molar-refractivity contribution in [2.24, 2.45) is 0 Å². The molecule has 0 aromatic rings. The van der Waals surface area contributed by atoms with Gasteiger partial charge in [0, 0.05) is 25.4 Å². The van der Waals surface area contributed by atoms with Gasteiger partial charge in [-0.1, -0.05) is 6.42 Å². The van der Waals surface area contributed by atoms with E-state index in [1.165, 1.54) is 19.3 Å². The topological polar surface area (TPSA) is 3.24 Å². The highest BCUT2D eigenvalue weighted by Gasteiger charge is 2.14. The summed E-state index contributed by atoms with van der Waals surface area (Å²) in [6.45, 7) is 3.32. The van der Waals surface area contributed by atoms with Crippen LogP contribution in [0.5, 0.6) is 0 Å². The average Bonchev–Trinajstić information content (AvgIpc) is 1.77. The lowest BCUT2D eigenvalue weighted by Gasteiger charge is -2.26. The molecule has 1 fully saturated rings. The normalized spacial score (nSPS) is 33.0. The van der Waals surface area contributed by atoms with E-state index in [9.17, 15) is 0 Å². The van der Waals surface area contributed by atoms with E-state index >= 15 is 0 Å². The Bertz CT molecular complexity index is 64.9. The average molecular weight is 130 g/mol. The van der Waals surface area contributed by atoms with Crippen LogP contribution < -0.4 is 0 Å². The van der Waals surface area contributed by atoms with Crippen molar-refractivity contribution in [2.75, 3.05) is 6.54 Å². The summed E-state index contributed by atoms with van der Waals surface area (Å²) in [6, 6.07) is 0.652. The predicted octanol–water partition coefficient (Wildman–Crippen LogP) is 1.97. The first kappa shape index (κ1) is 6.43. The van der Waals surface area contributed by atoms with Crippen molar-refractivity contribution in [3.05, 3.63) is 0 Å². The zero-order valence-corrected chi connectivity index (χ0v) is 6.08. The van der Waals surface area contributed by atoms with Gasteiger partial charge in [0.15, 0.2) is 0 Å². The van der Waals surface area contributed by atoms with Crippen molar-refractivity contribution in [1.82, 2.24) is 4.31 Å². The van der Waals surface area contributed by atoms with E-state index in [0.29, 0.717) is 6.04 Å². The van der Waals surface area contributed by atoms with Crippen LogP contribution in [0.2, 0.25) is 0 Å². The van der Waals surface area contributed by atoms with Crippen molar-refractivity contribution in [3.8, 4) is 0 Å². The molecule has 0 bridgehead atoms. The summed E-state index contributed by atoms with van der Waals surface area (Å²) in [5.41, 5.74) is 0. The van der Waals surface area contributed by atoms with Crippen LogP contribution in [0.4, 0.5) is 0 Å². The van der Waals surface area contributed by atoms with Gasteiger partial charge in [0.05, 0.1) is 0 Å². The lowest BCUT2D eigenvalue weighted by atomic mass is 10.1. The van der Waals surface area contributed by atoms with Crippen LogP contribution >= 0.6 is 12.8 Å². The summed E-state index contributed by atoms with van der Waals surface area (Å²) in [6.07, 6.45) is 3.96. The van der Waals surface area contributed by atoms with E-state index in [1.54, 1.807) is 0 Å². The molecular weight excluding hydrogens is 118 g/mol. The van der Waals surface area contributed by atoms with Gasteiger partial charge in [-0.2, -0.15) is 0 Å². The largest absolute Gasteiger partial charge is 0.237 e. The molecule has 8 heavy (non-hydrogen) atoms. The van der Waals surface area contributed by atoms with Gasteiger partial charge in [-0.3, -0.25) is 0 Å². The van der Waals surface area contributed by atoms with Crippen molar-refractivity contribution >= 4 is 12.8 Å². The second kappa shape index (κ2) is 2.74. The molecule has 0 aromatic carbocycles. The molecule has 1 aliphatic heterocycles. The fourth-order valence-electron chi connectivity index (χ4n) is 1.07. The van der Waals surface area contributed by atoms with Crippen molar-refractivity contribution in [3.63, 3.8) is 0 Å². The van der Waals surface area contributed by atoms with Gasteiger partial charge in [-0.25, -0.2) is 4.31 Å². The van der Waals surface area contributed by atoms with Crippen LogP contribution in [0.15, 0.2) is 0 Å². The van der Waals surface area contributed by atoms with E-state index in [4.69, 9.17) is 12.8 Å². The summed E-state index contributed by atoms with van der Waals surface area (Å²) >= 11 is 5.04. The maximum atomic E-state index is 5.04. The van der Waals surface area contributed by atoms with Gasteiger partial charge in [0.25, 0.3) is 0 Å². The fraction of sp³-hybridized carbons (Fsp3) is 1.00. The van der Waals surface area contributed by atoms with Gasteiger partial charge in [0.1, 0.15) is 0 Å². The Kier molecular flexibility index (Phi) is 2.20. The van der Waals surface area contributed by atoms with Gasteiger partial charge >= 0.3 is 0 Å². The van der Waals surface area contributed by atoms with E-state index in [0.717, 1.165) is 6.54 Å². The van der Waals surface area contributed by atoms with Gasteiger partial charge < -0.3 is 0 Å². The number of hydrogen-bond donors (Lipinski definition) is 0. The molecule has 1 unspecified atom stereocenters. The van der Waals surface area contributed by atoms with Crippen LogP contribution in [-0.4, -0.2) is 16.9 Å². The third-order valence-electron chi connectivity index (χ3n) is 1.74. The second-order valence-electron chi connectivity index (χ2n) is 2.49. The maximum absolute atomic E-state index is 5.04. The minimum absolute atomic E-state index is 0.652. The van der Waals surface area contributed by atoms with E-state index < -0.39 is 0 Å². The minimum atomic E-state index is 0.652. The van der Waals surface area contributed by atoms with Crippen LogP contribution in [0.3, 0.4) is 0 Å². The molecule has 0 spiro atoms. The zero-order valence-electron chi connectivity index (χ0n) is 5.26. The van der Waals surface area contributed by atoms with Crippen molar-refractivity contribution in [1.29, 1.82) is 0 Å². The molecule has 1 atom stereocenters. The first-order chi connectivity index (χ1) is 3.80. The molecule has 0 amide bonds. The number of nitrogens with zero attached hydrogens (tertiary/aromatic N) is 1. The molecule has 0 N–H and O–H groups in total. The standard InChI is InChI=1S/C6H12NS/c1-6-4-2-3-5-7(6)8/h6H,2-5H2,1H3. The SMILES string of the molecule is CC1CCCCN1[S]. The third kappa shape index (κ3) is 1.39. The molecule has 47 valence electrons. The lowest BCUT2D eigenvalue weighted by Crippen LogP contribution is -2.29. The Morgan fingerprint density at radius 2 is 2.25 bits per heavy atom. The molecule has 1 saturated heterocycles. The van der Waals surface area contributed by atoms with E-state index in [1.807, 2.05) is 4.31 Å². The van der Waals surface area contributed by atoms with E-state index in [-0.39, 0.29) is 0 Å². The highest BCUT2D eigenvalue weighted by molar-refractivity contribution is 7.77. The third-order valence-corrected chi connectivity index (χ3v) is 2.28. The zero-order chi connectivity index (χ0) is 5.98. The highest BCUT2D eigenvalue weighted by atomic mass is 32.1. The Hall–Kier alpha value is 0.310. The molecule has 1 nitrogen and oxygen atoms in total. The number of rotatable bonds is 0. The molecular formula is C6H12NS. The van der Waals surface area contributed by atoms with Crippen LogP contribution in [0.1, 0.15) is 26.2 Å². The first-order valence-electron chi connectivity index (χ1n) is 3.24. The minimum Gasteiger partial charge on any atom is -0.237 e. The highest BCUT2D eigenvalue weighted by Crippen LogP contribution is 2.16. The molecule has 0 saturated carbocycles. The van der Waals surface area contributed by atoms with Gasteiger partial charge in [-0.15, -0.1) is 0 Å². The van der Waals surface area contributed by atoms with E-state index in [2.05, 4.69) is 6.92 Å². The van der Waals surface area contributed by atoms with Crippen LogP contribution in [-0.2, 0) is 0 Å². The summed E-state index contributed by atoms with van der Waals surface area (Å²) < 4.78 is 2.02. The molecule has 1 rings (SSSR count). The Morgan fingerprint density at radius 1 is 1.50 bits per heavy atom. The summed E-state index contributed by atoms with van der Waals surface area (Å²) in [5.74, 6) is 0. The van der Waals surface area contributed by atoms with Crippen LogP contribution in [0, 0.1) is 0 Å². The molecule has 1 radical (unpaired) electrons. The molecule has 1 heterocycles. The fourth-order valence-corrected chi connectivity index (χ4v) is 1.31.